The van der Waals surface area contributed by atoms with Gasteiger partial charge in [-0.25, -0.2) is 0 Å². The first kappa shape index (κ1) is 21.0. The lowest BCUT2D eigenvalue weighted by molar-refractivity contribution is -0.154. The maximum absolute atomic E-state index is 13.9. The van der Waals surface area contributed by atoms with E-state index >= 15 is 0 Å². The highest BCUT2D eigenvalue weighted by molar-refractivity contribution is 5.84. The fourth-order valence-electron chi connectivity index (χ4n) is 3.36. The molecule has 1 aliphatic rings. The average molecular weight is 435 g/mol. The molecule has 31 heavy (non-hydrogen) atoms. The number of halogens is 3. The van der Waals surface area contributed by atoms with E-state index in [0.717, 1.165) is 0 Å². The molecule has 2 heterocycles. The lowest BCUT2D eigenvalue weighted by Gasteiger charge is -2.32. The molecule has 0 amide bonds. The van der Waals surface area contributed by atoms with E-state index in [1.54, 1.807) is 12.1 Å². The van der Waals surface area contributed by atoms with Crippen molar-refractivity contribution in [2.24, 2.45) is 0 Å². The van der Waals surface area contributed by atoms with Gasteiger partial charge in [0, 0.05) is 18.7 Å². The molecule has 4 rings (SSSR count). The van der Waals surface area contributed by atoms with Crippen LogP contribution >= 0.6 is 0 Å². The Morgan fingerprint density at radius 3 is 2.55 bits per heavy atom. The Hall–Kier alpha value is -3.20. The number of hydrogen-bond donors (Lipinski definition) is 0. The summed E-state index contributed by atoms with van der Waals surface area (Å²) in [5, 5.41) is -0.0150. The third-order valence-electron chi connectivity index (χ3n) is 5.07. The number of hydrogen-bond acceptors (Lipinski definition) is 6. The van der Waals surface area contributed by atoms with Gasteiger partial charge in [-0.05, 0) is 38.1 Å². The molecule has 1 aliphatic heterocycles. The zero-order valence-electron chi connectivity index (χ0n) is 17.1. The molecule has 0 fully saturated rings. The second-order valence-electron chi connectivity index (χ2n) is 7.40. The van der Waals surface area contributed by atoms with E-state index in [1.807, 2.05) is 18.7 Å². The molecule has 0 N–H and O–H groups in total. The van der Waals surface area contributed by atoms with Gasteiger partial charge in [0.1, 0.15) is 29.6 Å². The highest BCUT2D eigenvalue weighted by atomic mass is 19.4. The maximum Gasteiger partial charge on any atom is 0.453 e. The topological polar surface area (TPSA) is 61.1 Å². The molecule has 0 radical (unpaired) electrons. The van der Waals surface area contributed by atoms with Gasteiger partial charge >= 0.3 is 6.18 Å². The molecule has 0 unspecified atom stereocenters. The first-order valence-electron chi connectivity index (χ1n) is 9.57. The summed E-state index contributed by atoms with van der Waals surface area (Å²) in [7, 11) is 1.41. The summed E-state index contributed by atoms with van der Waals surface area (Å²) < 4.78 is 63.0. The van der Waals surface area contributed by atoms with E-state index in [2.05, 4.69) is 0 Å². The summed E-state index contributed by atoms with van der Waals surface area (Å²) in [6.07, 6.45) is -4.95. The van der Waals surface area contributed by atoms with Crippen molar-refractivity contribution in [3.8, 4) is 23.0 Å². The van der Waals surface area contributed by atoms with Crippen LogP contribution in [0.1, 0.15) is 25.2 Å². The number of nitrogens with zero attached hydrogens (tertiary/aromatic N) is 1. The van der Waals surface area contributed by atoms with Crippen molar-refractivity contribution in [1.29, 1.82) is 0 Å². The first-order valence-corrected chi connectivity index (χ1v) is 9.57. The van der Waals surface area contributed by atoms with Crippen molar-refractivity contribution in [3.63, 3.8) is 0 Å². The number of alkyl halides is 3. The van der Waals surface area contributed by atoms with Gasteiger partial charge in [0.05, 0.1) is 18.1 Å². The van der Waals surface area contributed by atoms with Crippen LogP contribution in [-0.4, -0.2) is 24.8 Å². The van der Waals surface area contributed by atoms with E-state index in [0.29, 0.717) is 30.3 Å². The monoisotopic (exact) mass is 435 g/mol. The van der Waals surface area contributed by atoms with Gasteiger partial charge in [-0.1, -0.05) is 6.07 Å². The first-order chi connectivity index (χ1) is 14.7. The number of methoxy groups -OCH3 is 1. The molecule has 2 aromatic carbocycles. The van der Waals surface area contributed by atoms with Gasteiger partial charge in [-0.3, -0.25) is 9.69 Å². The van der Waals surface area contributed by atoms with Crippen LogP contribution in [0.3, 0.4) is 0 Å². The molecule has 9 heteroatoms. The molecule has 0 saturated carbocycles. The SMILES string of the molecule is COc1cccc(Oc2c(C(F)(F)F)oc3c4c(ccc3c2=O)OCN(C(C)C)C4)c1. The number of fused-ring (bicyclic) bond motifs is 3. The summed E-state index contributed by atoms with van der Waals surface area (Å²) in [6.45, 7) is 4.47. The molecule has 0 aliphatic carbocycles. The van der Waals surface area contributed by atoms with Gasteiger partial charge in [0.25, 0.3) is 5.76 Å². The van der Waals surface area contributed by atoms with Gasteiger partial charge < -0.3 is 18.6 Å². The van der Waals surface area contributed by atoms with Crippen LogP contribution in [0.5, 0.6) is 23.0 Å². The van der Waals surface area contributed by atoms with E-state index < -0.39 is 23.1 Å². The fraction of sp³-hybridized carbons (Fsp3) is 0.318. The van der Waals surface area contributed by atoms with E-state index in [-0.39, 0.29) is 22.8 Å². The Balaban J connectivity index is 1.91. The molecule has 0 spiro atoms. The van der Waals surface area contributed by atoms with Crippen LogP contribution in [0.4, 0.5) is 13.2 Å². The van der Waals surface area contributed by atoms with E-state index in [4.69, 9.17) is 18.6 Å². The Bertz CT molecular complexity index is 1190. The van der Waals surface area contributed by atoms with Crippen molar-refractivity contribution in [1.82, 2.24) is 4.90 Å². The quantitative estimate of drug-likeness (QED) is 0.563. The van der Waals surface area contributed by atoms with Crippen LogP contribution < -0.4 is 19.6 Å². The van der Waals surface area contributed by atoms with E-state index in [1.165, 1.54) is 31.4 Å². The van der Waals surface area contributed by atoms with Crippen molar-refractivity contribution in [2.75, 3.05) is 13.8 Å². The van der Waals surface area contributed by atoms with Crippen molar-refractivity contribution in [3.05, 3.63) is 57.9 Å². The lowest BCUT2D eigenvalue weighted by atomic mass is 10.1. The predicted octanol–water partition coefficient (Wildman–Crippen LogP) is 5.17. The minimum Gasteiger partial charge on any atom is -0.497 e. The fourth-order valence-corrected chi connectivity index (χ4v) is 3.36. The van der Waals surface area contributed by atoms with Crippen LogP contribution in [0.2, 0.25) is 0 Å². The van der Waals surface area contributed by atoms with Crippen molar-refractivity contribution < 1.29 is 31.8 Å². The molecule has 0 atom stereocenters. The van der Waals surface area contributed by atoms with E-state index in [9.17, 15) is 18.0 Å². The predicted molar refractivity (Wildman–Crippen MR) is 107 cm³/mol. The van der Waals surface area contributed by atoms with Gasteiger partial charge in [-0.2, -0.15) is 13.2 Å². The maximum atomic E-state index is 13.9. The average Bonchev–Trinajstić information content (AvgIpc) is 2.74. The summed E-state index contributed by atoms with van der Waals surface area (Å²) in [4.78, 5) is 15.0. The van der Waals surface area contributed by atoms with Crippen LogP contribution in [0, 0.1) is 0 Å². The third-order valence-corrected chi connectivity index (χ3v) is 5.07. The molecule has 1 aromatic heterocycles. The molecule has 6 nitrogen and oxygen atoms in total. The summed E-state index contributed by atoms with van der Waals surface area (Å²) in [6, 6.07) is 9.00. The number of benzene rings is 2. The Labute approximate surface area is 175 Å². The molecule has 0 bridgehead atoms. The molecule has 3 aromatic rings. The van der Waals surface area contributed by atoms with Gasteiger partial charge in [-0.15, -0.1) is 0 Å². The van der Waals surface area contributed by atoms with Crippen LogP contribution in [0.15, 0.2) is 45.6 Å². The number of rotatable bonds is 4. The van der Waals surface area contributed by atoms with Gasteiger partial charge in [0.2, 0.25) is 11.2 Å². The molecule has 164 valence electrons. The second kappa shape index (κ2) is 7.81. The second-order valence-corrected chi connectivity index (χ2v) is 7.40. The minimum atomic E-state index is -4.95. The zero-order chi connectivity index (χ0) is 22.3. The van der Waals surface area contributed by atoms with Gasteiger partial charge in [0.15, 0.2) is 0 Å². The smallest absolute Gasteiger partial charge is 0.453 e. The zero-order valence-corrected chi connectivity index (χ0v) is 17.1. The van der Waals surface area contributed by atoms with Crippen LogP contribution in [-0.2, 0) is 12.7 Å². The Kier molecular flexibility index (Phi) is 5.30. The summed E-state index contributed by atoms with van der Waals surface area (Å²) in [5.41, 5.74) is -0.674. The molecular weight excluding hydrogens is 415 g/mol. The van der Waals surface area contributed by atoms with Crippen molar-refractivity contribution in [2.45, 2.75) is 32.6 Å². The minimum absolute atomic E-state index is 0.0150. The third kappa shape index (κ3) is 3.93. The normalized spacial score (nSPS) is 14.4. The summed E-state index contributed by atoms with van der Waals surface area (Å²) >= 11 is 0. The lowest BCUT2D eigenvalue weighted by Crippen LogP contribution is -2.37. The van der Waals surface area contributed by atoms with Crippen LogP contribution in [0.25, 0.3) is 11.0 Å². The molecular formula is C22H20F3NO5. The highest BCUT2D eigenvalue weighted by Gasteiger charge is 2.41. The number of ether oxygens (including phenoxy) is 3. The van der Waals surface area contributed by atoms with Crippen molar-refractivity contribution >= 4 is 11.0 Å². The largest absolute Gasteiger partial charge is 0.497 e. The highest BCUT2D eigenvalue weighted by Crippen LogP contribution is 2.41. The summed E-state index contributed by atoms with van der Waals surface area (Å²) in [5.74, 6) is -1.64. The Morgan fingerprint density at radius 2 is 1.87 bits per heavy atom. The molecule has 0 saturated heterocycles. The Morgan fingerprint density at radius 1 is 1.13 bits per heavy atom. The standard InChI is InChI=1S/C22H20F3NO5/c1-12(2)26-10-16-17(29-11-26)8-7-15-18(27)20(21(22(23,24)25)31-19(15)16)30-14-6-4-5-13(9-14)28-3/h4-9,12H,10-11H2,1-3H3.